The predicted octanol–water partition coefficient (Wildman–Crippen LogP) is -2.07. The first kappa shape index (κ1) is 49.3. The Labute approximate surface area is 352 Å². The molecule has 336 valence electrons. The number of aliphatic hydroxyl groups excluding tert-OH is 10. The molecular weight excluding hydrogens is 778 g/mol. The smallest absolute Gasteiger partial charge is 0.134 e. The second-order valence-electron chi connectivity index (χ2n) is 16.0. The number of rotatable bonds is 21. The molecule has 1 heterocycles. The van der Waals surface area contributed by atoms with Gasteiger partial charge in [-0.15, -0.1) is 0 Å². The summed E-state index contributed by atoms with van der Waals surface area (Å²) in [6, 6.07) is 17.7. The zero-order chi connectivity index (χ0) is 43.9. The summed E-state index contributed by atoms with van der Waals surface area (Å²) < 4.78 is 0. The molecule has 0 spiro atoms. The maximum atomic E-state index is 11.5. The Morgan fingerprint density at radius 2 is 0.967 bits per heavy atom. The van der Waals surface area contributed by atoms with E-state index in [0.717, 1.165) is 49.3 Å². The average Bonchev–Trinajstić information content (AvgIpc) is 3.24. The van der Waals surface area contributed by atoms with Crippen LogP contribution in [0.3, 0.4) is 0 Å². The van der Waals surface area contributed by atoms with E-state index in [1.54, 1.807) is 6.07 Å². The van der Waals surface area contributed by atoms with E-state index in [1.165, 1.54) is 5.56 Å². The highest BCUT2D eigenvalue weighted by atomic mass is 16.4. The van der Waals surface area contributed by atoms with Crippen molar-refractivity contribution < 1.29 is 61.3 Å². The Morgan fingerprint density at radius 1 is 0.533 bits per heavy atom. The molecule has 3 aromatic rings. The quantitative estimate of drug-likeness (QED) is 0.0514. The standard InChI is InChI=1S/C43H67N5O12/c1-27-15-30(19-44-21-34(51)39(56)40(57)35(52)25-49)37(54)32(17-27)23-47-10-6-9-46(22-29-7-4-3-5-8-29)11-13-48(14-12-47)24-33-18-28(2)16-31(38(33)55)20-45-43(60)42(59)41(58)36(53)26-50/h3-5,7-8,15-18,34-36,39-45,49-60H,6,9-14,19-26H2,1-2H3. The molecule has 17 heteroatoms. The molecule has 1 fully saturated rings. The van der Waals surface area contributed by atoms with Gasteiger partial charge in [-0.2, -0.15) is 0 Å². The second kappa shape index (κ2) is 24.3. The molecular formula is C43H67N5O12. The summed E-state index contributed by atoms with van der Waals surface area (Å²) in [5.74, 6) is 0.119. The van der Waals surface area contributed by atoms with Crippen molar-refractivity contribution in [2.24, 2.45) is 0 Å². The van der Waals surface area contributed by atoms with Gasteiger partial charge in [-0.05, 0) is 38.9 Å². The molecule has 3 aromatic carbocycles. The van der Waals surface area contributed by atoms with Gasteiger partial charge in [0, 0.05) is 87.7 Å². The van der Waals surface area contributed by atoms with Crippen molar-refractivity contribution in [3.8, 4) is 11.5 Å². The maximum Gasteiger partial charge on any atom is 0.134 e. The Balaban J connectivity index is 1.50. The molecule has 14 N–H and O–H groups in total. The van der Waals surface area contributed by atoms with Gasteiger partial charge >= 0.3 is 0 Å². The number of nitrogens with one attached hydrogen (secondary N) is 2. The molecule has 0 radical (unpaired) electrons. The largest absolute Gasteiger partial charge is 0.507 e. The highest BCUT2D eigenvalue weighted by Crippen LogP contribution is 2.28. The number of hydrogen-bond acceptors (Lipinski definition) is 17. The summed E-state index contributed by atoms with van der Waals surface area (Å²) >= 11 is 0. The van der Waals surface area contributed by atoms with E-state index in [-0.39, 0.29) is 31.1 Å². The number of aromatic hydroxyl groups is 2. The molecule has 0 aromatic heterocycles. The summed E-state index contributed by atoms with van der Waals surface area (Å²) in [6.45, 7) is 8.14. The van der Waals surface area contributed by atoms with Crippen molar-refractivity contribution in [3.63, 3.8) is 0 Å². The van der Waals surface area contributed by atoms with E-state index in [2.05, 4.69) is 37.5 Å². The molecule has 8 unspecified atom stereocenters. The number of phenols is 2. The molecule has 0 bridgehead atoms. The molecule has 1 aliphatic rings. The molecule has 8 atom stereocenters. The van der Waals surface area contributed by atoms with Gasteiger partial charge in [0.1, 0.15) is 54.4 Å². The Bertz CT molecular complexity index is 1730. The lowest BCUT2D eigenvalue weighted by Crippen LogP contribution is -2.51. The molecule has 4 rings (SSSR count). The normalized spacial score (nSPS) is 19.3. The molecule has 0 amide bonds. The fraction of sp³-hybridized carbons (Fsp3) is 0.581. The predicted molar refractivity (Wildman–Crippen MR) is 223 cm³/mol. The van der Waals surface area contributed by atoms with Gasteiger partial charge < -0.3 is 66.6 Å². The summed E-state index contributed by atoms with van der Waals surface area (Å²) in [4.78, 5) is 6.98. The minimum atomic E-state index is -1.80. The lowest BCUT2D eigenvalue weighted by Gasteiger charge is -2.33. The van der Waals surface area contributed by atoms with Crippen molar-refractivity contribution in [1.29, 1.82) is 0 Å². The van der Waals surface area contributed by atoms with Gasteiger partial charge in [-0.1, -0.05) is 65.7 Å². The Morgan fingerprint density at radius 3 is 1.48 bits per heavy atom. The van der Waals surface area contributed by atoms with Crippen LogP contribution < -0.4 is 10.6 Å². The van der Waals surface area contributed by atoms with Crippen LogP contribution in [-0.2, 0) is 32.7 Å². The van der Waals surface area contributed by atoms with Gasteiger partial charge in [0.15, 0.2) is 0 Å². The summed E-state index contributed by atoms with van der Waals surface area (Å²) in [5, 5.41) is 127. The average molecular weight is 846 g/mol. The van der Waals surface area contributed by atoms with Gasteiger partial charge in [-0.3, -0.25) is 20.0 Å². The first-order valence-electron chi connectivity index (χ1n) is 20.6. The number of aliphatic hydroxyl groups is 10. The van der Waals surface area contributed by atoms with Crippen LogP contribution >= 0.6 is 0 Å². The van der Waals surface area contributed by atoms with Crippen LogP contribution in [-0.4, -0.2) is 184 Å². The van der Waals surface area contributed by atoms with Crippen LogP contribution in [0.25, 0.3) is 0 Å². The zero-order valence-corrected chi connectivity index (χ0v) is 34.6. The van der Waals surface area contributed by atoms with Crippen LogP contribution in [0.15, 0.2) is 54.6 Å². The third kappa shape index (κ3) is 14.6. The third-order valence-electron chi connectivity index (χ3n) is 11.0. The van der Waals surface area contributed by atoms with Crippen molar-refractivity contribution in [1.82, 2.24) is 25.3 Å². The lowest BCUT2D eigenvalue weighted by molar-refractivity contribution is -0.122. The van der Waals surface area contributed by atoms with Crippen LogP contribution in [0.2, 0.25) is 0 Å². The van der Waals surface area contributed by atoms with E-state index < -0.39 is 62.2 Å². The molecule has 17 nitrogen and oxygen atoms in total. The topological polar surface area (TPSA) is 277 Å². The SMILES string of the molecule is Cc1cc(CNCC(O)C(O)C(O)C(O)CO)c(O)c(CN2CCCN(Cc3ccccc3)CCN(Cc3cc(C)cc(CNC(O)C(O)C(O)C(O)CO)c3O)CC2)c1. The third-order valence-corrected chi connectivity index (χ3v) is 11.0. The van der Waals surface area contributed by atoms with Crippen molar-refractivity contribution in [3.05, 3.63) is 93.5 Å². The van der Waals surface area contributed by atoms with Crippen molar-refractivity contribution in [2.75, 3.05) is 59.0 Å². The number of phenolic OH excluding ortho intramolecular Hbond substituents is 2. The van der Waals surface area contributed by atoms with Gasteiger partial charge in [0.2, 0.25) is 0 Å². The number of nitrogens with zero attached hydrogens (tertiary/aromatic N) is 3. The minimum Gasteiger partial charge on any atom is -0.507 e. The van der Waals surface area contributed by atoms with E-state index in [4.69, 9.17) is 10.2 Å². The van der Waals surface area contributed by atoms with E-state index in [0.29, 0.717) is 49.4 Å². The van der Waals surface area contributed by atoms with Gasteiger partial charge in [-0.25, -0.2) is 0 Å². The van der Waals surface area contributed by atoms with E-state index >= 15 is 0 Å². The lowest BCUT2D eigenvalue weighted by atomic mass is 10.0. The maximum absolute atomic E-state index is 11.5. The fourth-order valence-corrected chi connectivity index (χ4v) is 7.49. The van der Waals surface area contributed by atoms with Crippen LogP contribution in [0.5, 0.6) is 11.5 Å². The van der Waals surface area contributed by atoms with Crippen molar-refractivity contribution >= 4 is 0 Å². The molecule has 60 heavy (non-hydrogen) atoms. The Hall–Kier alpha value is -3.34. The number of aryl methyl sites for hydroxylation is 2. The highest BCUT2D eigenvalue weighted by Gasteiger charge is 2.31. The van der Waals surface area contributed by atoms with E-state index in [1.807, 2.05) is 50.2 Å². The zero-order valence-electron chi connectivity index (χ0n) is 34.6. The monoisotopic (exact) mass is 845 g/mol. The first-order valence-corrected chi connectivity index (χ1v) is 20.6. The van der Waals surface area contributed by atoms with Crippen LogP contribution in [0.4, 0.5) is 0 Å². The summed E-state index contributed by atoms with van der Waals surface area (Å²) in [6.07, 6.45) is -12.5. The summed E-state index contributed by atoms with van der Waals surface area (Å²) in [7, 11) is 0. The van der Waals surface area contributed by atoms with Crippen LogP contribution in [0, 0.1) is 13.8 Å². The highest BCUT2D eigenvalue weighted by molar-refractivity contribution is 5.44. The minimum absolute atomic E-state index is 0.0209. The summed E-state index contributed by atoms with van der Waals surface area (Å²) in [5.41, 5.74) is 5.41. The fourth-order valence-electron chi connectivity index (χ4n) is 7.49. The van der Waals surface area contributed by atoms with Gasteiger partial charge in [0.05, 0.1) is 19.3 Å². The molecule has 0 saturated carbocycles. The second-order valence-corrected chi connectivity index (χ2v) is 16.0. The number of benzene rings is 3. The Kier molecular flexibility index (Phi) is 20.0. The molecule has 1 saturated heterocycles. The van der Waals surface area contributed by atoms with Crippen LogP contribution in [0.1, 0.15) is 45.4 Å². The van der Waals surface area contributed by atoms with E-state index in [9.17, 15) is 51.1 Å². The van der Waals surface area contributed by atoms with Crippen molar-refractivity contribution in [2.45, 2.75) is 102 Å². The number of hydrogen-bond donors (Lipinski definition) is 14. The van der Waals surface area contributed by atoms with Gasteiger partial charge in [0.25, 0.3) is 0 Å². The molecule has 1 aliphatic heterocycles. The first-order chi connectivity index (χ1) is 28.6. The molecule has 0 aliphatic carbocycles.